The number of rotatable bonds is 4. The Kier molecular flexibility index (Phi) is 4.51. The lowest BCUT2D eigenvalue weighted by molar-refractivity contribution is -0.134. The van der Waals surface area contributed by atoms with Crippen LogP contribution < -0.4 is 5.32 Å². The molecule has 1 amide bonds. The number of carbonyl (C=O) groups excluding carboxylic acids is 1. The number of halogens is 1. The smallest absolute Gasteiger partial charge is 0.226 e. The third kappa shape index (κ3) is 3.41. The molecule has 3 atom stereocenters. The Morgan fingerprint density at radius 2 is 2.33 bits per heavy atom. The highest BCUT2D eigenvalue weighted by atomic mass is 35.5. The van der Waals surface area contributed by atoms with Gasteiger partial charge < -0.3 is 10.2 Å². The molecule has 2 fully saturated rings. The first-order chi connectivity index (χ1) is 10.2. The molecule has 1 aromatic rings. The van der Waals surface area contributed by atoms with Crippen molar-refractivity contribution in [1.82, 2.24) is 10.2 Å². The van der Waals surface area contributed by atoms with Crippen molar-refractivity contribution in [2.45, 2.75) is 25.2 Å². The minimum absolute atomic E-state index is 0.178. The fraction of sp³-hybridized carbons (Fsp3) is 0.588. The molecule has 0 radical (unpaired) electrons. The SMILES string of the molecule is CNCC1CCCN(C(=O)C2CC2c2cccc(Cl)c2)C1. The zero-order chi connectivity index (χ0) is 14.8. The van der Waals surface area contributed by atoms with Gasteiger partial charge in [-0.05, 0) is 62.4 Å². The van der Waals surface area contributed by atoms with Crippen molar-refractivity contribution >= 4 is 17.5 Å². The molecule has 3 rings (SSSR count). The largest absolute Gasteiger partial charge is 0.342 e. The van der Waals surface area contributed by atoms with Crippen LogP contribution >= 0.6 is 11.6 Å². The first-order valence-electron chi connectivity index (χ1n) is 7.88. The van der Waals surface area contributed by atoms with Gasteiger partial charge in [0.2, 0.25) is 5.91 Å². The summed E-state index contributed by atoms with van der Waals surface area (Å²) in [5, 5.41) is 3.99. The second-order valence-corrected chi connectivity index (χ2v) is 6.79. The second-order valence-electron chi connectivity index (χ2n) is 6.35. The molecule has 1 aliphatic carbocycles. The average molecular weight is 307 g/mol. The van der Waals surface area contributed by atoms with E-state index in [0.717, 1.165) is 37.5 Å². The molecule has 1 aliphatic heterocycles. The van der Waals surface area contributed by atoms with Crippen LogP contribution in [0.25, 0.3) is 0 Å². The second kappa shape index (κ2) is 6.37. The van der Waals surface area contributed by atoms with E-state index in [0.29, 0.717) is 17.7 Å². The van der Waals surface area contributed by atoms with Gasteiger partial charge in [-0.25, -0.2) is 0 Å². The van der Waals surface area contributed by atoms with Crippen molar-refractivity contribution in [3.63, 3.8) is 0 Å². The van der Waals surface area contributed by atoms with Crippen LogP contribution in [0.1, 0.15) is 30.7 Å². The zero-order valence-electron chi connectivity index (χ0n) is 12.5. The van der Waals surface area contributed by atoms with Gasteiger partial charge in [0.15, 0.2) is 0 Å². The Bertz CT molecular complexity index is 517. The quantitative estimate of drug-likeness (QED) is 0.927. The number of hydrogen-bond donors (Lipinski definition) is 1. The molecule has 0 bridgehead atoms. The van der Waals surface area contributed by atoms with Gasteiger partial charge in [-0.3, -0.25) is 4.79 Å². The van der Waals surface area contributed by atoms with E-state index in [9.17, 15) is 4.79 Å². The predicted molar refractivity (Wildman–Crippen MR) is 85.5 cm³/mol. The molecular weight excluding hydrogens is 284 g/mol. The molecule has 0 aromatic heterocycles. The number of carbonyl (C=O) groups is 1. The molecule has 21 heavy (non-hydrogen) atoms. The lowest BCUT2D eigenvalue weighted by Crippen LogP contribution is -2.43. The number of nitrogens with one attached hydrogen (secondary N) is 1. The zero-order valence-corrected chi connectivity index (χ0v) is 13.3. The molecule has 1 heterocycles. The van der Waals surface area contributed by atoms with Gasteiger partial charge in [0.25, 0.3) is 0 Å². The van der Waals surface area contributed by atoms with Gasteiger partial charge in [0, 0.05) is 24.0 Å². The fourth-order valence-corrected chi connectivity index (χ4v) is 3.73. The van der Waals surface area contributed by atoms with E-state index in [1.165, 1.54) is 12.0 Å². The lowest BCUT2D eigenvalue weighted by atomic mass is 9.97. The first kappa shape index (κ1) is 14.9. The minimum Gasteiger partial charge on any atom is -0.342 e. The molecule has 1 aromatic carbocycles. The average Bonchev–Trinajstić information content (AvgIpc) is 3.28. The topological polar surface area (TPSA) is 32.3 Å². The maximum atomic E-state index is 12.7. The molecular formula is C17H23ClN2O. The molecule has 4 heteroatoms. The van der Waals surface area contributed by atoms with E-state index >= 15 is 0 Å². The molecule has 1 N–H and O–H groups in total. The maximum Gasteiger partial charge on any atom is 0.226 e. The van der Waals surface area contributed by atoms with Crippen LogP contribution in [0.4, 0.5) is 0 Å². The van der Waals surface area contributed by atoms with Crippen molar-refractivity contribution in [3.8, 4) is 0 Å². The van der Waals surface area contributed by atoms with Crippen molar-refractivity contribution in [1.29, 1.82) is 0 Å². The number of benzene rings is 1. The molecule has 2 aliphatic rings. The van der Waals surface area contributed by atoms with Gasteiger partial charge in [0.1, 0.15) is 0 Å². The molecule has 1 saturated heterocycles. The Hall–Kier alpha value is -1.06. The Balaban J connectivity index is 1.59. The number of hydrogen-bond acceptors (Lipinski definition) is 2. The van der Waals surface area contributed by atoms with Crippen LogP contribution in [0.15, 0.2) is 24.3 Å². The van der Waals surface area contributed by atoms with E-state index in [4.69, 9.17) is 11.6 Å². The fourth-order valence-electron chi connectivity index (χ4n) is 3.53. The monoisotopic (exact) mass is 306 g/mol. The highest BCUT2D eigenvalue weighted by Crippen LogP contribution is 2.49. The number of piperidine rings is 1. The first-order valence-corrected chi connectivity index (χ1v) is 8.25. The van der Waals surface area contributed by atoms with Gasteiger partial charge >= 0.3 is 0 Å². The Morgan fingerprint density at radius 1 is 1.48 bits per heavy atom. The summed E-state index contributed by atoms with van der Waals surface area (Å²) >= 11 is 6.04. The van der Waals surface area contributed by atoms with E-state index in [1.807, 2.05) is 25.2 Å². The minimum atomic E-state index is 0.178. The van der Waals surface area contributed by atoms with Crippen molar-refractivity contribution in [3.05, 3.63) is 34.9 Å². The maximum absolute atomic E-state index is 12.7. The van der Waals surface area contributed by atoms with Gasteiger partial charge in [-0.15, -0.1) is 0 Å². The standard InChI is InChI=1S/C17H23ClN2O/c1-19-10-12-4-3-7-20(11-12)17(21)16-9-15(16)13-5-2-6-14(18)8-13/h2,5-6,8,12,15-16,19H,3-4,7,9-11H2,1H3. The summed E-state index contributed by atoms with van der Waals surface area (Å²) < 4.78 is 0. The van der Waals surface area contributed by atoms with Crippen LogP contribution in [-0.2, 0) is 4.79 Å². The molecule has 0 spiro atoms. The van der Waals surface area contributed by atoms with E-state index < -0.39 is 0 Å². The van der Waals surface area contributed by atoms with Crippen LogP contribution in [-0.4, -0.2) is 37.5 Å². The van der Waals surface area contributed by atoms with Crippen LogP contribution in [0, 0.1) is 11.8 Å². The third-order valence-electron chi connectivity index (χ3n) is 4.71. The number of amides is 1. The normalized spacial score (nSPS) is 28.5. The molecule has 1 saturated carbocycles. The summed E-state index contributed by atoms with van der Waals surface area (Å²) in [6.45, 7) is 2.85. The number of likely N-dealkylation sites (tertiary alicyclic amines) is 1. The predicted octanol–water partition coefficient (Wildman–Crippen LogP) is 2.90. The van der Waals surface area contributed by atoms with Crippen LogP contribution in [0.2, 0.25) is 5.02 Å². The highest BCUT2D eigenvalue weighted by molar-refractivity contribution is 6.30. The van der Waals surface area contributed by atoms with E-state index in [2.05, 4.69) is 16.3 Å². The van der Waals surface area contributed by atoms with Crippen LogP contribution in [0.5, 0.6) is 0 Å². The third-order valence-corrected chi connectivity index (χ3v) is 4.94. The summed E-state index contributed by atoms with van der Waals surface area (Å²) in [6, 6.07) is 7.95. The molecule has 3 nitrogen and oxygen atoms in total. The van der Waals surface area contributed by atoms with E-state index in [-0.39, 0.29) is 5.92 Å². The van der Waals surface area contributed by atoms with Crippen molar-refractivity contribution in [2.75, 3.05) is 26.7 Å². The van der Waals surface area contributed by atoms with Crippen molar-refractivity contribution < 1.29 is 4.79 Å². The van der Waals surface area contributed by atoms with Crippen molar-refractivity contribution in [2.24, 2.45) is 11.8 Å². The summed E-state index contributed by atoms with van der Waals surface area (Å²) in [5.74, 6) is 1.51. The summed E-state index contributed by atoms with van der Waals surface area (Å²) in [4.78, 5) is 14.7. The van der Waals surface area contributed by atoms with Gasteiger partial charge in [-0.2, -0.15) is 0 Å². The summed E-state index contributed by atoms with van der Waals surface area (Å²) in [7, 11) is 1.98. The number of nitrogens with zero attached hydrogens (tertiary/aromatic N) is 1. The molecule has 3 unspecified atom stereocenters. The van der Waals surface area contributed by atoms with Gasteiger partial charge in [-0.1, -0.05) is 23.7 Å². The summed E-state index contributed by atoms with van der Waals surface area (Å²) in [6.07, 6.45) is 3.34. The summed E-state index contributed by atoms with van der Waals surface area (Å²) in [5.41, 5.74) is 1.21. The lowest BCUT2D eigenvalue weighted by Gasteiger charge is -2.33. The highest BCUT2D eigenvalue weighted by Gasteiger charge is 2.46. The van der Waals surface area contributed by atoms with Gasteiger partial charge in [0.05, 0.1) is 0 Å². The Morgan fingerprint density at radius 3 is 3.10 bits per heavy atom. The Labute approximate surface area is 131 Å². The molecule has 114 valence electrons. The van der Waals surface area contributed by atoms with E-state index in [1.54, 1.807) is 0 Å². The van der Waals surface area contributed by atoms with Crippen LogP contribution in [0.3, 0.4) is 0 Å².